The van der Waals surface area contributed by atoms with Gasteiger partial charge in [-0.2, -0.15) is 0 Å². The van der Waals surface area contributed by atoms with Crippen LogP contribution in [0.2, 0.25) is 0 Å². The summed E-state index contributed by atoms with van der Waals surface area (Å²) in [6.07, 6.45) is 0. The maximum atomic E-state index is 13.6. The lowest BCUT2D eigenvalue weighted by Crippen LogP contribution is -2.14. The molecule has 2 rings (SSSR count). The Kier molecular flexibility index (Phi) is 3.61. The van der Waals surface area contributed by atoms with Gasteiger partial charge in [-0.05, 0) is 49.2 Å². The minimum atomic E-state index is -0.796. The van der Waals surface area contributed by atoms with Gasteiger partial charge in [0.25, 0.3) is 5.91 Å². The second-order valence-electron chi connectivity index (χ2n) is 4.57. The molecule has 0 bridgehead atoms. The third-order valence-electron chi connectivity index (χ3n) is 2.99. The number of anilines is 1. The van der Waals surface area contributed by atoms with Crippen molar-refractivity contribution in [2.24, 2.45) is 0 Å². The Hall–Kier alpha value is -2.56. The van der Waals surface area contributed by atoms with E-state index in [4.69, 9.17) is 5.11 Å². The van der Waals surface area contributed by atoms with E-state index >= 15 is 0 Å². The molecule has 0 spiro atoms. The Labute approximate surface area is 115 Å². The van der Waals surface area contributed by atoms with E-state index in [0.717, 1.165) is 6.07 Å². The Balaban J connectivity index is 2.30. The summed E-state index contributed by atoms with van der Waals surface area (Å²) in [5, 5.41) is 21.3. The van der Waals surface area contributed by atoms with Crippen molar-refractivity contribution >= 4 is 11.6 Å². The van der Waals surface area contributed by atoms with Crippen LogP contribution < -0.4 is 5.32 Å². The van der Waals surface area contributed by atoms with Crippen molar-refractivity contribution in [2.45, 2.75) is 13.8 Å². The fourth-order valence-corrected chi connectivity index (χ4v) is 1.81. The first kappa shape index (κ1) is 13.9. The zero-order valence-corrected chi connectivity index (χ0v) is 11.1. The van der Waals surface area contributed by atoms with E-state index < -0.39 is 11.7 Å². The molecule has 2 aromatic rings. The lowest BCUT2D eigenvalue weighted by atomic mass is 10.1. The van der Waals surface area contributed by atoms with Crippen molar-refractivity contribution in [3.63, 3.8) is 0 Å². The van der Waals surface area contributed by atoms with Gasteiger partial charge >= 0.3 is 0 Å². The number of nitrogens with one attached hydrogen (secondary N) is 1. The molecule has 0 radical (unpaired) electrons. The fraction of sp³-hybridized carbons (Fsp3) is 0.133. The average molecular weight is 275 g/mol. The van der Waals surface area contributed by atoms with Gasteiger partial charge in [0.15, 0.2) is 0 Å². The molecule has 0 fully saturated rings. The third kappa shape index (κ3) is 2.71. The molecule has 0 aliphatic rings. The Bertz CT molecular complexity index is 683. The second-order valence-corrected chi connectivity index (χ2v) is 4.57. The zero-order chi connectivity index (χ0) is 14.9. The third-order valence-corrected chi connectivity index (χ3v) is 2.99. The topological polar surface area (TPSA) is 69.6 Å². The Morgan fingerprint density at radius 2 is 1.80 bits per heavy atom. The van der Waals surface area contributed by atoms with E-state index in [2.05, 4.69) is 5.32 Å². The molecule has 0 saturated carbocycles. The maximum absolute atomic E-state index is 13.6. The smallest absolute Gasteiger partial charge is 0.258 e. The van der Waals surface area contributed by atoms with E-state index in [1.165, 1.54) is 18.2 Å². The summed E-state index contributed by atoms with van der Waals surface area (Å²) in [4.78, 5) is 12.0. The number of halogens is 1. The van der Waals surface area contributed by atoms with Crippen LogP contribution in [0.3, 0.4) is 0 Å². The predicted octanol–water partition coefficient (Wildman–Crippen LogP) is 3.11. The van der Waals surface area contributed by atoms with Gasteiger partial charge in [-0.3, -0.25) is 4.79 Å². The van der Waals surface area contributed by atoms with Crippen LogP contribution in [0.25, 0.3) is 0 Å². The lowest BCUT2D eigenvalue weighted by molar-refractivity contribution is 0.102. The van der Waals surface area contributed by atoms with Crippen molar-refractivity contribution in [3.05, 3.63) is 52.8 Å². The van der Waals surface area contributed by atoms with Crippen molar-refractivity contribution < 1.29 is 19.4 Å². The number of aromatic hydroxyl groups is 2. The number of carbonyl (C=O) groups excluding carboxylic acids is 1. The number of amides is 1. The highest BCUT2D eigenvalue weighted by Crippen LogP contribution is 2.25. The van der Waals surface area contributed by atoms with Gasteiger partial charge in [0.2, 0.25) is 0 Å². The molecule has 0 aliphatic heterocycles. The predicted molar refractivity (Wildman–Crippen MR) is 73.6 cm³/mol. The van der Waals surface area contributed by atoms with Crippen LogP contribution in [0.1, 0.15) is 21.5 Å². The van der Waals surface area contributed by atoms with Crippen molar-refractivity contribution in [3.8, 4) is 11.5 Å². The lowest BCUT2D eigenvalue weighted by Gasteiger charge is -2.11. The molecule has 20 heavy (non-hydrogen) atoms. The van der Waals surface area contributed by atoms with Gasteiger partial charge in [-0.15, -0.1) is 0 Å². The molecule has 0 aliphatic carbocycles. The Morgan fingerprint density at radius 3 is 2.45 bits per heavy atom. The first-order valence-electron chi connectivity index (χ1n) is 5.98. The molecule has 0 saturated heterocycles. The summed E-state index contributed by atoms with van der Waals surface area (Å²) >= 11 is 0. The number of benzene rings is 2. The molecule has 104 valence electrons. The maximum Gasteiger partial charge on any atom is 0.258 e. The van der Waals surface area contributed by atoms with Gasteiger partial charge in [0.1, 0.15) is 17.3 Å². The molecule has 5 heteroatoms. The molecule has 0 unspecified atom stereocenters. The highest BCUT2D eigenvalue weighted by atomic mass is 19.1. The summed E-state index contributed by atoms with van der Waals surface area (Å²) in [5.74, 6) is -1.52. The van der Waals surface area contributed by atoms with Gasteiger partial charge in [-0.25, -0.2) is 4.39 Å². The van der Waals surface area contributed by atoms with Gasteiger partial charge < -0.3 is 15.5 Å². The molecule has 3 N–H and O–H groups in total. The van der Waals surface area contributed by atoms with Crippen molar-refractivity contribution in [1.82, 2.24) is 0 Å². The van der Waals surface area contributed by atoms with E-state index in [0.29, 0.717) is 16.8 Å². The summed E-state index contributed by atoms with van der Waals surface area (Å²) < 4.78 is 13.6. The first-order chi connectivity index (χ1) is 9.38. The van der Waals surface area contributed by atoms with Gasteiger partial charge in [0.05, 0.1) is 5.56 Å². The summed E-state index contributed by atoms with van der Waals surface area (Å²) in [6.45, 7) is 3.42. The standard InChI is InChI=1S/C15H14FNO3/c1-8-6-14(19)9(2)5-13(8)17-15(20)11-4-3-10(18)7-12(11)16/h3-7,18-19H,1-2H3,(H,17,20). The first-order valence-corrected chi connectivity index (χ1v) is 5.98. The van der Waals surface area contributed by atoms with Crippen LogP contribution in [-0.2, 0) is 0 Å². The SMILES string of the molecule is Cc1cc(NC(=O)c2ccc(O)cc2F)c(C)cc1O. The number of hydrogen-bond donors (Lipinski definition) is 3. The molecule has 0 aromatic heterocycles. The van der Waals surface area contributed by atoms with Crippen LogP contribution in [0.15, 0.2) is 30.3 Å². The summed E-state index contributed by atoms with van der Waals surface area (Å²) in [5.41, 5.74) is 1.61. The molecule has 0 heterocycles. The summed E-state index contributed by atoms with van der Waals surface area (Å²) in [6, 6.07) is 6.47. The number of phenols is 2. The van der Waals surface area contributed by atoms with Crippen LogP contribution in [0.4, 0.5) is 10.1 Å². The molecular formula is C15H14FNO3. The highest BCUT2D eigenvalue weighted by molar-refractivity contribution is 6.05. The van der Waals surface area contributed by atoms with Crippen LogP contribution in [0, 0.1) is 19.7 Å². The minimum Gasteiger partial charge on any atom is -0.508 e. The van der Waals surface area contributed by atoms with Crippen LogP contribution in [-0.4, -0.2) is 16.1 Å². The van der Waals surface area contributed by atoms with Crippen LogP contribution >= 0.6 is 0 Å². The van der Waals surface area contributed by atoms with E-state index in [-0.39, 0.29) is 17.1 Å². The van der Waals surface area contributed by atoms with Crippen molar-refractivity contribution in [1.29, 1.82) is 0 Å². The minimum absolute atomic E-state index is 0.135. The molecule has 4 nitrogen and oxygen atoms in total. The van der Waals surface area contributed by atoms with E-state index in [1.807, 2.05) is 0 Å². The summed E-state index contributed by atoms with van der Waals surface area (Å²) in [7, 11) is 0. The zero-order valence-electron chi connectivity index (χ0n) is 11.1. The van der Waals surface area contributed by atoms with Gasteiger partial charge in [0, 0.05) is 11.8 Å². The highest BCUT2D eigenvalue weighted by Gasteiger charge is 2.14. The van der Waals surface area contributed by atoms with E-state index in [1.54, 1.807) is 19.9 Å². The fourth-order valence-electron chi connectivity index (χ4n) is 1.81. The normalized spacial score (nSPS) is 10.3. The number of aryl methyl sites for hydroxylation is 2. The molecular weight excluding hydrogens is 261 g/mol. The van der Waals surface area contributed by atoms with Gasteiger partial charge in [-0.1, -0.05) is 0 Å². The molecule has 0 atom stereocenters. The number of phenolic OH excluding ortho intramolecular Hbond substituents is 2. The van der Waals surface area contributed by atoms with Crippen LogP contribution in [0.5, 0.6) is 11.5 Å². The number of hydrogen-bond acceptors (Lipinski definition) is 3. The average Bonchev–Trinajstić information content (AvgIpc) is 2.35. The Morgan fingerprint density at radius 1 is 1.10 bits per heavy atom. The second kappa shape index (κ2) is 5.21. The molecule has 1 amide bonds. The van der Waals surface area contributed by atoms with E-state index in [9.17, 15) is 14.3 Å². The monoisotopic (exact) mass is 275 g/mol. The molecule has 2 aromatic carbocycles. The van der Waals surface area contributed by atoms with Crippen molar-refractivity contribution in [2.75, 3.05) is 5.32 Å². The largest absolute Gasteiger partial charge is 0.508 e. The quantitative estimate of drug-likeness (QED) is 0.737. The number of rotatable bonds is 2. The number of carbonyl (C=O) groups is 1.